The number of carboxylic acids is 1. The summed E-state index contributed by atoms with van der Waals surface area (Å²) in [4.78, 5) is 10.5. The molecule has 1 N–H and O–H groups in total. The van der Waals surface area contributed by atoms with Crippen molar-refractivity contribution in [3.63, 3.8) is 0 Å². The Morgan fingerprint density at radius 3 is 3.00 bits per heavy atom. The Hall–Kier alpha value is -1.89. The molecule has 0 saturated heterocycles. The van der Waals surface area contributed by atoms with E-state index in [1.165, 1.54) is 18.5 Å². The number of carbonyl (C=O) groups is 1. The second-order valence-electron chi connectivity index (χ2n) is 3.60. The largest absolute Gasteiger partial charge is 0.481 e. The molecule has 7 heteroatoms. The quantitative estimate of drug-likeness (QED) is 0.857. The van der Waals surface area contributed by atoms with E-state index in [0.717, 1.165) is 23.0 Å². The van der Waals surface area contributed by atoms with Crippen LogP contribution in [0.4, 0.5) is 4.39 Å². The van der Waals surface area contributed by atoms with Crippen molar-refractivity contribution >= 4 is 17.7 Å². The fourth-order valence-corrected chi connectivity index (χ4v) is 2.15. The Balaban J connectivity index is 2.33. The Morgan fingerprint density at radius 1 is 1.56 bits per heavy atom. The summed E-state index contributed by atoms with van der Waals surface area (Å²) >= 11 is 1.07. The summed E-state index contributed by atoms with van der Waals surface area (Å²) in [6, 6.07) is 4.35. The van der Waals surface area contributed by atoms with Crippen LogP contribution in [0.15, 0.2) is 29.7 Å². The molecule has 2 aromatic rings. The van der Waals surface area contributed by atoms with Crippen LogP contribution in [0.3, 0.4) is 0 Å². The highest BCUT2D eigenvalue weighted by Gasteiger charge is 2.11. The number of carboxylic acid groups (broad SMARTS) is 1. The molecule has 1 heterocycles. The molecule has 2 rings (SSSR count). The maximum Gasteiger partial charge on any atom is 0.313 e. The molecule has 0 spiro atoms. The van der Waals surface area contributed by atoms with E-state index in [4.69, 9.17) is 5.11 Å². The van der Waals surface area contributed by atoms with Gasteiger partial charge in [0.05, 0.1) is 11.4 Å². The third-order valence-corrected chi connectivity index (χ3v) is 3.19. The van der Waals surface area contributed by atoms with Crippen molar-refractivity contribution in [2.75, 3.05) is 5.75 Å². The van der Waals surface area contributed by atoms with E-state index >= 15 is 0 Å². The molecule has 1 aromatic heterocycles. The van der Waals surface area contributed by atoms with Gasteiger partial charge < -0.3 is 5.11 Å². The van der Waals surface area contributed by atoms with Gasteiger partial charge in [-0.1, -0.05) is 11.8 Å². The van der Waals surface area contributed by atoms with Gasteiger partial charge in [-0.25, -0.2) is 4.39 Å². The summed E-state index contributed by atoms with van der Waals surface area (Å²) in [6.07, 6.45) is 1.48. The summed E-state index contributed by atoms with van der Waals surface area (Å²) in [5, 5.41) is 16.7. The number of aromatic nitrogens is 3. The van der Waals surface area contributed by atoms with Gasteiger partial charge in [0.15, 0.2) is 5.16 Å². The molecule has 0 atom stereocenters. The standard InChI is InChI=1S/C11H10FN3O2S/c1-7-4-8(12)2-3-9(7)15-6-13-14-11(15)18-5-10(16)17/h2-4,6H,5H2,1H3,(H,16,17). The summed E-state index contributed by atoms with van der Waals surface area (Å²) in [5.74, 6) is -1.34. The minimum absolute atomic E-state index is 0.0983. The van der Waals surface area contributed by atoms with E-state index in [-0.39, 0.29) is 11.6 Å². The molecule has 18 heavy (non-hydrogen) atoms. The van der Waals surface area contributed by atoms with E-state index in [0.29, 0.717) is 5.16 Å². The molecule has 0 radical (unpaired) electrons. The zero-order valence-corrected chi connectivity index (χ0v) is 10.3. The minimum Gasteiger partial charge on any atom is -0.481 e. The minimum atomic E-state index is -0.926. The maximum atomic E-state index is 13.0. The highest BCUT2D eigenvalue weighted by Crippen LogP contribution is 2.22. The van der Waals surface area contributed by atoms with E-state index in [1.54, 1.807) is 17.6 Å². The van der Waals surface area contributed by atoms with Crippen molar-refractivity contribution in [2.24, 2.45) is 0 Å². The Bertz CT molecular complexity index is 585. The Labute approximate surface area is 107 Å². The highest BCUT2D eigenvalue weighted by atomic mass is 32.2. The van der Waals surface area contributed by atoms with Gasteiger partial charge in [0.1, 0.15) is 12.1 Å². The summed E-state index contributed by atoms with van der Waals surface area (Å²) in [6.45, 7) is 1.77. The SMILES string of the molecule is Cc1cc(F)ccc1-n1cnnc1SCC(=O)O. The Kier molecular flexibility index (Phi) is 3.61. The van der Waals surface area contributed by atoms with Crippen LogP contribution in [-0.2, 0) is 4.79 Å². The third kappa shape index (κ3) is 2.67. The van der Waals surface area contributed by atoms with Crippen LogP contribution in [-0.4, -0.2) is 31.6 Å². The molecular formula is C11H10FN3O2S. The summed E-state index contributed by atoms with van der Waals surface area (Å²) < 4.78 is 14.7. The van der Waals surface area contributed by atoms with E-state index in [1.807, 2.05) is 0 Å². The van der Waals surface area contributed by atoms with Gasteiger partial charge >= 0.3 is 5.97 Å². The first-order chi connectivity index (χ1) is 8.58. The average Bonchev–Trinajstić information content (AvgIpc) is 2.74. The van der Waals surface area contributed by atoms with E-state index < -0.39 is 5.97 Å². The van der Waals surface area contributed by atoms with Crippen molar-refractivity contribution in [3.05, 3.63) is 35.9 Å². The van der Waals surface area contributed by atoms with Crippen LogP contribution in [0, 0.1) is 12.7 Å². The van der Waals surface area contributed by atoms with E-state index in [2.05, 4.69) is 10.2 Å². The number of rotatable bonds is 4. The van der Waals surface area contributed by atoms with Gasteiger partial charge in [0.25, 0.3) is 0 Å². The molecular weight excluding hydrogens is 257 g/mol. The fraction of sp³-hybridized carbons (Fsp3) is 0.182. The van der Waals surface area contributed by atoms with Crippen molar-refractivity contribution in [1.82, 2.24) is 14.8 Å². The number of benzene rings is 1. The number of aryl methyl sites for hydroxylation is 1. The monoisotopic (exact) mass is 267 g/mol. The van der Waals surface area contributed by atoms with Crippen molar-refractivity contribution < 1.29 is 14.3 Å². The second-order valence-corrected chi connectivity index (χ2v) is 4.54. The molecule has 0 saturated carbocycles. The lowest BCUT2D eigenvalue weighted by Gasteiger charge is -2.08. The zero-order valence-electron chi connectivity index (χ0n) is 9.50. The maximum absolute atomic E-state index is 13.0. The highest BCUT2D eigenvalue weighted by molar-refractivity contribution is 7.99. The van der Waals surface area contributed by atoms with Crippen LogP contribution < -0.4 is 0 Å². The fourth-order valence-electron chi connectivity index (χ4n) is 1.50. The van der Waals surface area contributed by atoms with Crippen LogP contribution in [0.5, 0.6) is 0 Å². The molecule has 0 fully saturated rings. The predicted molar refractivity (Wildman–Crippen MR) is 64.4 cm³/mol. The number of aliphatic carboxylic acids is 1. The van der Waals surface area contributed by atoms with Gasteiger partial charge in [-0.15, -0.1) is 10.2 Å². The molecule has 0 aliphatic heterocycles. The first-order valence-corrected chi connectivity index (χ1v) is 6.07. The van der Waals surface area contributed by atoms with Gasteiger partial charge in [-0.3, -0.25) is 9.36 Å². The molecule has 0 aliphatic rings. The lowest BCUT2D eigenvalue weighted by molar-refractivity contribution is -0.133. The second kappa shape index (κ2) is 5.18. The third-order valence-electron chi connectivity index (χ3n) is 2.26. The molecule has 1 aromatic carbocycles. The number of nitrogens with zero attached hydrogens (tertiary/aromatic N) is 3. The molecule has 94 valence electrons. The first kappa shape index (κ1) is 12.6. The number of halogens is 1. The van der Waals surface area contributed by atoms with Crippen molar-refractivity contribution in [1.29, 1.82) is 0 Å². The number of hydrogen-bond acceptors (Lipinski definition) is 4. The number of thioether (sulfide) groups is 1. The zero-order chi connectivity index (χ0) is 13.1. The summed E-state index contributed by atoms with van der Waals surface area (Å²) in [7, 11) is 0. The molecule has 0 unspecified atom stereocenters. The predicted octanol–water partition coefficient (Wildman–Crippen LogP) is 1.89. The molecule has 0 aliphatic carbocycles. The lowest BCUT2D eigenvalue weighted by Crippen LogP contribution is -2.02. The van der Waals surface area contributed by atoms with E-state index in [9.17, 15) is 9.18 Å². The van der Waals surface area contributed by atoms with Crippen molar-refractivity contribution in [3.8, 4) is 5.69 Å². The Morgan fingerprint density at radius 2 is 2.33 bits per heavy atom. The van der Waals surface area contributed by atoms with Crippen LogP contribution in [0.1, 0.15) is 5.56 Å². The number of hydrogen-bond donors (Lipinski definition) is 1. The average molecular weight is 267 g/mol. The van der Waals surface area contributed by atoms with Gasteiger partial charge in [0.2, 0.25) is 0 Å². The topological polar surface area (TPSA) is 68.0 Å². The normalized spacial score (nSPS) is 10.6. The lowest BCUT2D eigenvalue weighted by atomic mass is 10.2. The van der Waals surface area contributed by atoms with Crippen molar-refractivity contribution in [2.45, 2.75) is 12.1 Å². The molecule has 0 bridgehead atoms. The first-order valence-electron chi connectivity index (χ1n) is 5.09. The summed E-state index contributed by atoms with van der Waals surface area (Å²) in [5.41, 5.74) is 1.46. The molecule has 5 nitrogen and oxygen atoms in total. The van der Waals surface area contributed by atoms with Gasteiger partial charge in [-0.2, -0.15) is 0 Å². The van der Waals surface area contributed by atoms with Gasteiger partial charge in [-0.05, 0) is 30.7 Å². The van der Waals surface area contributed by atoms with Crippen LogP contribution in [0.2, 0.25) is 0 Å². The van der Waals surface area contributed by atoms with Gasteiger partial charge in [0, 0.05) is 0 Å². The smallest absolute Gasteiger partial charge is 0.313 e. The van der Waals surface area contributed by atoms with Crippen LogP contribution >= 0.6 is 11.8 Å². The molecule has 0 amide bonds. The van der Waals surface area contributed by atoms with Crippen LogP contribution in [0.25, 0.3) is 5.69 Å².